The van der Waals surface area contributed by atoms with E-state index in [1.165, 1.54) is 6.07 Å². The van der Waals surface area contributed by atoms with Crippen LogP contribution in [0.1, 0.15) is 0 Å². The molecule has 0 unspecified atom stereocenters. The number of phenolic OH excluding ortho intramolecular Hbond substituents is 4. The summed E-state index contributed by atoms with van der Waals surface area (Å²) < 4.78 is 27.5. The summed E-state index contributed by atoms with van der Waals surface area (Å²) in [5, 5.41) is 101. The molecule has 0 spiro atoms. The van der Waals surface area contributed by atoms with Crippen LogP contribution in [0.5, 0.6) is 28.7 Å². The first-order chi connectivity index (χ1) is 19.8. The second kappa shape index (κ2) is 11.2. The molecule has 2 aliphatic heterocycles. The highest BCUT2D eigenvalue weighted by atomic mass is 16.7. The second-order valence-electron chi connectivity index (χ2n) is 9.98. The van der Waals surface area contributed by atoms with Crippen molar-refractivity contribution in [3.05, 3.63) is 40.6 Å². The molecule has 10 N–H and O–H groups in total. The van der Waals surface area contributed by atoms with E-state index in [2.05, 4.69) is 0 Å². The Morgan fingerprint density at radius 1 is 0.905 bits per heavy atom. The summed E-state index contributed by atoms with van der Waals surface area (Å²) in [7, 11) is 0. The number of hydrogen-bond donors (Lipinski definition) is 10. The molecule has 42 heavy (non-hydrogen) atoms. The van der Waals surface area contributed by atoms with E-state index in [0.29, 0.717) is 0 Å². The summed E-state index contributed by atoms with van der Waals surface area (Å²) >= 11 is 0. The monoisotopic (exact) mass is 596 g/mol. The van der Waals surface area contributed by atoms with Gasteiger partial charge in [-0.25, -0.2) is 0 Å². The van der Waals surface area contributed by atoms with Crippen molar-refractivity contribution in [2.24, 2.45) is 0 Å². The van der Waals surface area contributed by atoms with E-state index in [0.717, 1.165) is 24.3 Å². The number of hydrogen-bond acceptors (Lipinski definition) is 16. The van der Waals surface area contributed by atoms with E-state index in [4.69, 9.17) is 23.4 Å². The van der Waals surface area contributed by atoms with Crippen LogP contribution < -0.4 is 10.2 Å². The minimum atomic E-state index is -2.00. The van der Waals surface area contributed by atoms with Crippen LogP contribution >= 0.6 is 0 Å². The number of rotatable bonds is 7. The molecule has 2 aliphatic rings. The van der Waals surface area contributed by atoms with Gasteiger partial charge in [-0.1, -0.05) is 0 Å². The Morgan fingerprint density at radius 2 is 1.64 bits per heavy atom. The molecule has 2 saturated heterocycles. The maximum Gasteiger partial charge on any atom is 0.239 e. The number of aromatic hydroxyl groups is 4. The van der Waals surface area contributed by atoms with Crippen LogP contribution in [-0.2, 0) is 14.2 Å². The van der Waals surface area contributed by atoms with Crippen LogP contribution in [0.2, 0.25) is 0 Å². The normalized spacial score (nSPS) is 31.4. The van der Waals surface area contributed by atoms with Gasteiger partial charge >= 0.3 is 0 Å². The van der Waals surface area contributed by atoms with Crippen molar-refractivity contribution in [3.63, 3.8) is 0 Å². The lowest BCUT2D eigenvalue weighted by atomic mass is 9.99. The SMILES string of the molecule is O=c1c(O[C@@H]2O[C@H](CO[C@@H]3OC[C@](O)(CO)[C@H]3O)[C@@H](O)[C@H](O)[C@H]2O)c(-c2ccc(O)c(O)c2)oc2cc(O)cc(O)c12. The third-order valence-electron chi connectivity index (χ3n) is 7.06. The van der Waals surface area contributed by atoms with E-state index in [1.807, 2.05) is 0 Å². The average Bonchev–Trinajstić information content (AvgIpc) is 3.24. The van der Waals surface area contributed by atoms with Gasteiger partial charge in [0, 0.05) is 17.7 Å². The molecule has 0 radical (unpaired) electrons. The number of phenols is 4. The first-order valence-corrected chi connectivity index (χ1v) is 12.5. The zero-order chi connectivity index (χ0) is 30.5. The van der Waals surface area contributed by atoms with Gasteiger partial charge < -0.3 is 74.4 Å². The standard InChI is InChI=1S/C26H28O16/c27-7-26(37)8-39-25(23(26)36)38-6-15-17(32)19(34)20(35)24(41-15)42-22-18(33)16-13(31)4-10(28)5-14(16)40-21(22)9-1-2-11(29)12(30)3-9/h1-5,15,17,19-20,23-25,27-32,34-37H,6-8H2/t15-,17-,19+,20-,23+,24+,25-,26-/m1/s1. The molecule has 0 aliphatic carbocycles. The minimum Gasteiger partial charge on any atom is -0.508 e. The van der Waals surface area contributed by atoms with Crippen LogP contribution in [0.3, 0.4) is 0 Å². The average molecular weight is 596 g/mol. The maximum atomic E-state index is 13.5. The molecule has 2 aromatic carbocycles. The fraction of sp³-hybridized carbons (Fsp3) is 0.423. The van der Waals surface area contributed by atoms with Gasteiger partial charge in [-0.05, 0) is 18.2 Å². The number of aliphatic hydroxyl groups excluding tert-OH is 5. The number of fused-ring (bicyclic) bond motifs is 1. The Balaban J connectivity index is 1.48. The number of ether oxygens (including phenoxy) is 4. The van der Waals surface area contributed by atoms with E-state index < -0.39 is 114 Å². The first kappa shape index (κ1) is 29.8. The van der Waals surface area contributed by atoms with Gasteiger partial charge in [-0.3, -0.25) is 4.79 Å². The predicted octanol–water partition coefficient (Wildman–Crippen LogP) is -2.07. The Hall–Kier alpha value is -3.71. The van der Waals surface area contributed by atoms with Crippen LogP contribution in [0.15, 0.2) is 39.5 Å². The fourth-order valence-electron chi connectivity index (χ4n) is 4.62. The summed E-state index contributed by atoms with van der Waals surface area (Å²) in [4.78, 5) is 13.5. The molecule has 0 saturated carbocycles. The Labute approximate surface area is 235 Å². The molecule has 3 aromatic rings. The van der Waals surface area contributed by atoms with Crippen molar-refractivity contribution in [1.82, 2.24) is 0 Å². The Morgan fingerprint density at radius 3 is 2.31 bits per heavy atom. The highest BCUT2D eigenvalue weighted by Gasteiger charge is 2.50. The summed E-state index contributed by atoms with van der Waals surface area (Å²) in [6.07, 6.45) is -12.1. The summed E-state index contributed by atoms with van der Waals surface area (Å²) in [5.41, 5.74) is -3.34. The third-order valence-corrected chi connectivity index (χ3v) is 7.06. The van der Waals surface area contributed by atoms with Crippen LogP contribution in [0.4, 0.5) is 0 Å². The molecule has 0 amide bonds. The summed E-state index contributed by atoms with van der Waals surface area (Å²) in [5.74, 6) is -3.33. The van der Waals surface area contributed by atoms with Gasteiger partial charge in [0.2, 0.25) is 17.5 Å². The van der Waals surface area contributed by atoms with Gasteiger partial charge in [-0.2, -0.15) is 0 Å². The zero-order valence-corrected chi connectivity index (χ0v) is 21.5. The summed E-state index contributed by atoms with van der Waals surface area (Å²) in [6.45, 7) is -1.89. The lowest BCUT2D eigenvalue weighted by Gasteiger charge is -2.40. The number of aliphatic hydroxyl groups is 6. The molecule has 228 valence electrons. The predicted molar refractivity (Wildman–Crippen MR) is 136 cm³/mol. The Bertz CT molecular complexity index is 1520. The first-order valence-electron chi connectivity index (χ1n) is 12.5. The molecule has 1 aromatic heterocycles. The molecule has 16 heteroatoms. The van der Waals surface area contributed by atoms with Crippen molar-refractivity contribution < 1.29 is 74.4 Å². The largest absolute Gasteiger partial charge is 0.508 e. The van der Waals surface area contributed by atoms with Crippen LogP contribution in [0, 0.1) is 0 Å². The van der Waals surface area contributed by atoms with E-state index >= 15 is 0 Å². The van der Waals surface area contributed by atoms with E-state index in [9.17, 15) is 55.9 Å². The smallest absolute Gasteiger partial charge is 0.239 e. The highest BCUT2D eigenvalue weighted by Crippen LogP contribution is 2.39. The number of benzene rings is 2. The van der Waals surface area contributed by atoms with Crippen molar-refractivity contribution in [2.45, 2.75) is 48.7 Å². The van der Waals surface area contributed by atoms with Crippen LogP contribution in [0.25, 0.3) is 22.3 Å². The van der Waals surface area contributed by atoms with E-state index in [1.54, 1.807) is 0 Å². The zero-order valence-electron chi connectivity index (χ0n) is 21.5. The van der Waals surface area contributed by atoms with Crippen molar-refractivity contribution in [2.75, 3.05) is 19.8 Å². The molecule has 0 bridgehead atoms. The van der Waals surface area contributed by atoms with E-state index in [-0.39, 0.29) is 11.1 Å². The van der Waals surface area contributed by atoms with Gasteiger partial charge in [0.15, 0.2) is 23.5 Å². The molecule has 2 fully saturated rings. The van der Waals surface area contributed by atoms with Gasteiger partial charge in [0.1, 0.15) is 58.6 Å². The second-order valence-corrected chi connectivity index (χ2v) is 9.98. The van der Waals surface area contributed by atoms with Crippen molar-refractivity contribution in [3.8, 4) is 40.1 Å². The van der Waals surface area contributed by atoms with Gasteiger partial charge in [0.05, 0.1) is 19.8 Å². The molecule has 8 atom stereocenters. The molecule has 16 nitrogen and oxygen atoms in total. The third kappa shape index (κ3) is 5.19. The van der Waals surface area contributed by atoms with Crippen molar-refractivity contribution >= 4 is 11.0 Å². The fourth-order valence-corrected chi connectivity index (χ4v) is 4.62. The molecule has 5 rings (SSSR count). The lowest BCUT2D eigenvalue weighted by molar-refractivity contribution is -0.289. The molecular formula is C26H28O16. The van der Waals surface area contributed by atoms with Crippen molar-refractivity contribution in [1.29, 1.82) is 0 Å². The topological polar surface area (TPSA) is 269 Å². The van der Waals surface area contributed by atoms with Crippen LogP contribution in [-0.4, -0.2) is 120 Å². The maximum absolute atomic E-state index is 13.5. The Kier molecular flexibility index (Phi) is 7.92. The molecule has 3 heterocycles. The minimum absolute atomic E-state index is 0.0309. The highest BCUT2D eigenvalue weighted by molar-refractivity contribution is 5.88. The molecular weight excluding hydrogens is 568 g/mol. The van der Waals surface area contributed by atoms with Gasteiger partial charge in [-0.15, -0.1) is 0 Å². The lowest BCUT2D eigenvalue weighted by Crippen LogP contribution is -2.60. The quantitative estimate of drug-likeness (QED) is 0.131. The summed E-state index contributed by atoms with van der Waals surface area (Å²) in [6, 6.07) is 5.23. The van der Waals surface area contributed by atoms with Gasteiger partial charge in [0.25, 0.3) is 0 Å².